The van der Waals surface area contributed by atoms with E-state index in [1.54, 1.807) is 30.2 Å². The fraction of sp³-hybridized carbons (Fsp3) is 0.533. The molecule has 0 atom stereocenters. The molecule has 0 aromatic carbocycles. The van der Waals surface area contributed by atoms with Crippen LogP contribution in [-0.2, 0) is 4.74 Å². The molecule has 0 saturated carbocycles. The van der Waals surface area contributed by atoms with Gasteiger partial charge in [0.25, 0.3) is 5.91 Å². The Kier molecular flexibility index (Phi) is 5.57. The molecule has 1 aliphatic heterocycles. The highest BCUT2D eigenvalue weighted by Crippen LogP contribution is 2.16. The highest BCUT2D eigenvalue weighted by atomic mass is 16.6. The second-order valence-electron chi connectivity index (χ2n) is 4.99. The van der Waals surface area contributed by atoms with Crippen LogP contribution in [0.1, 0.15) is 30.1 Å². The smallest absolute Gasteiger partial charge is 0.409 e. The van der Waals surface area contributed by atoms with Crippen molar-refractivity contribution in [1.82, 2.24) is 15.2 Å². The molecule has 7 nitrogen and oxygen atoms in total. The third-order valence-corrected chi connectivity index (χ3v) is 3.57. The Morgan fingerprint density at radius 2 is 2.14 bits per heavy atom. The molecule has 120 valence electrons. The predicted octanol–water partition coefficient (Wildman–Crippen LogP) is 1.44. The lowest BCUT2D eigenvalue weighted by molar-refractivity contribution is 0.0857. The van der Waals surface area contributed by atoms with Crippen molar-refractivity contribution < 1.29 is 19.1 Å². The number of nitrogens with one attached hydrogen (secondary N) is 1. The normalized spacial score (nSPS) is 15.3. The maximum atomic E-state index is 12.3. The van der Waals surface area contributed by atoms with Gasteiger partial charge in [0.2, 0.25) is 5.88 Å². The van der Waals surface area contributed by atoms with Crippen molar-refractivity contribution in [3.05, 3.63) is 23.9 Å². The molecule has 2 rings (SSSR count). The second kappa shape index (κ2) is 7.63. The lowest BCUT2D eigenvalue weighted by atomic mass is 10.0. The standard InChI is InChI=1S/C15H21N3O4/c1-3-22-15(20)18-9-6-11(7-10-18)17-13(19)12-5-4-8-16-14(12)21-2/h4-5,8,11H,3,6-7,9-10H2,1-2H3,(H,17,19). The van der Waals surface area contributed by atoms with Crippen LogP contribution >= 0.6 is 0 Å². The molecule has 1 aliphatic rings. The van der Waals surface area contributed by atoms with E-state index in [1.165, 1.54) is 7.11 Å². The number of amides is 2. The summed E-state index contributed by atoms with van der Waals surface area (Å²) in [6.07, 6.45) is 2.69. The second-order valence-corrected chi connectivity index (χ2v) is 4.99. The quantitative estimate of drug-likeness (QED) is 0.910. The van der Waals surface area contributed by atoms with Crippen LogP contribution in [0.3, 0.4) is 0 Å². The number of rotatable bonds is 4. The maximum Gasteiger partial charge on any atom is 0.409 e. The zero-order valence-corrected chi connectivity index (χ0v) is 12.9. The van der Waals surface area contributed by atoms with Crippen LogP contribution in [0.15, 0.2) is 18.3 Å². The molecular weight excluding hydrogens is 286 g/mol. The summed E-state index contributed by atoms with van der Waals surface area (Å²) in [6, 6.07) is 3.40. The summed E-state index contributed by atoms with van der Waals surface area (Å²) in [7, 11) is 1.48. The molecule has 1 saturated heterocycles. The molecule has 7 heteroatoms. The molecule has 1 N–H and O–H groups in total. The van der Waals surface area contributed by atoms with Gasteiger partial charge < -0.3 is 19.7 Å². The predicted molar refractivity (Wildman–Crippen MR) is 79.9 cm³/mol. The number of hydrogen-bond acceptors (Lipinski definition) is 5. The number of aromatic nitrogens is 1. The molecule has 1 aromatic heterocycles. The molecule has 2 amide bonds. The number of nitrogens with zero attached hydrogens (tertiary/aromatic N) is 2. The Hall–Kier alpha value is -2.31. The zero-order chi connectivity index (χ0) is 15.9. The summed E-state index contributed by atoms with van der Waals surface area (Å²) in [5, 5.41) is 2.96. The van der Waals surface area contributed by atoms with Gasteiger partial charge in [-0.1, -0.05) is 0 Å². The van der Waals surface area contributed by atoms with Crippen molar-refractivity contribution >= 4 is 12.0 Å². The zero-order valence-electron chi connectivity index (χ0n) is 12.9. The van der Waals surface area contributed by atoms with E-state index in [2.05, 4.69) is 10.3 Å². The van der Waals surface area contributed by atoms with E-state index in [-0.39, 0.29) is 18.0 Å². The van der Waals surface area contributed by atoms with Crippen LogP contribution in [0, 0.1) is 0 Å². The number of likely N-dealkylation sites (tertiary alicyclic amines) is 1. The third-order valence-electron chi connectivity index (χ3n) is 3.57. The average Bonchev–Trinajstić information content (AvgIpc) is 2.55. The molecule has 1 fully saturated rings. The lowest BCUT2D eigenvalue weighted by Crippen LogP contribution is -2.46. The third kappa shape index (κ3) is 3.87. The SMILES string of the molecule is CCOC(=O)N1CCC(NC(=O)c2cccnc2OC)CC1. The van der Waals surface area contributed by atoms with Gasteiger partial charge in [-0.3, -0.25) is 4.79 Å². The summed E-state index contributed by atoms with van der Waals surface area (Å²) >= 11 is 0. The summed E-state index contributed by atoms with van der Waals surface area (Å²) in [5.74, 6) is 0.100. The van der Waals surface area contributed by atoms with Gasteiger partial charge in [0.15, 0.2) is 0 Å². The first kappa shape index (κ1) is 16.1. The molecule has 22 heavy (non-hydrogen) atoms. The molecule has 0 unspecified atom stereocenters. The average molecular weight is 307 g/mol. The van der Waals surface area contributed by atoms with Crippen LogP contribution in [-0.4, -0.2) is 54.7 Å². The van der Waals surface area contributed by atoms with E-state index >= 15 is 0 Å². The van der Waals surface area contributed by atoms with Gasteiger partial charge in [-0.2, -0.15) is 0 Å². The fourth-order valence-electron chi connectivity index (χ4n) is 2.41. The highest BCUT2D eigenvalue weighted by Gasteiger charge is 2.25. The van der Waals surface area contributed by atoms with Crippen molar-refractivity contribution in [2.24, 2.45) is 0 Å². The molecule has 0 radical (unpaired) electrons. The summed E-state index contributed by atoms with van der Waals surface area (Å²) in [6.45, 7) is 3.31. The van der Waals surface area contributed by atoms with Crippen molar-refractivity contribution in [2.45, 2.75) is 25.8 Å². The van der Waals surface area contributed by atoms with Crippen molar-refractivity contribution in [1.29, 1.82) is 0 Å². The van der Waals surface area contributed by atoms with E-state index in [0.717, 1.165) is 0 Å². The Bertz CT molecular complexity index is 527. The molecule has 2 heterocycles. The summed E-state index contributed by atoms with van der Waals surface area (Å²) in [4.78, 5) is 29.6. The van der Waals surface area contributed by atoms with E-state index in [1.807, 2.05) is 0 Å². The molecule has 0 aliphatic carbocycles. The van der Waals surface area contributed by atoms with Gasteiger partial charge in [-0.15, -0.1) is 0 Å². The first-order valence-corrected chi connectivity index (χ1v) is 7.37. The lowest BCUT2D eigenvalue weighted by Gasteiger charge is -2.31. The van der Waals surface area contributed by atoms with E-state index in [0.29, 0.717) is 44.0 Å². The van der Waals surface area contributed by atoms with Gasteiger partial charge in [0, 0.05) is 25.3 Å². The number of piperidine rings is 1. The minimum absolute atomic E-state index is 0.0306. The van der Waals surface area contributed by atoms with E-state index in [9.17, 15) is 9.59 Å². The Labute approximate surface area is 129 Å². The number of hydrogen-bond donors (Lipinski definition) is 1. The van der Waals surface area contributed by atoms with Crippen molar-refractivity contribution in [2.75, 3.05) is 26.8 Å². The number of pyridine rings is 1. The van der Waals surface area contributed by atoms with Gasteiger partial charge in [-0.25, -0.2) is 9.78 Å². The summed E-state index contributed by atoms with van der Waals surface area (Å²) < 4.78 is 10.1. The van der Waals surface area contributed by atoms with Gasteiger partial charge in [-0.05, 0) is 31.9 Å². The highest BCUT2D eigenvalue weighted by molar-refractivity contribution is 5.96. The Morgan fingerprint density at radius 1 is 1.41 bits per heavy atom. The number of carbonyl (C=O) groups is 2. The Balaban J connectivity index is 1.88. The largest absolute Gasteiger partial charge is 0.480 e. The monoisotopic (exact) mass is 307 g/mol. The van der Waals surface area contributed by atoms with Crippen LogP contribution in [0.2, 0.25) is 0 Å². The van der Waals surface area contributed by atoms with Crippen molar-refractivity contribution in [3.8, 4) is 5.88 Å². The van der Waals surface area contributed by atoms with Crippen LogP contribution in [0.5, 0.6) is 5.88 Å². The summed E-state index contributed by atoms with van der Waals surface area (Å²) in [5.41, 5.74) is 0.415. The van der Waals surface area contributed by atoms with Gasteiger partial charge in [0.1, 0.15) is 5.56 Å². The minimum Gasteiger partial charge on any atom is -0.480 e. The van der Waals surface area contributed by atoms with Crippen LogP contribution in [0.4, 0.5) is 4.79 Å². The number of ether oxygens (including phenoxy) is 2. The first-order valence-electron chi connectivity index (χ1n) is 7.37. The molecule has 1 aromatic rings. The molecule has 0 spiro atoms. The van der Waals surface area contributed by atoms with E-state index in [4.69, 9.17) is 9.47 Å². The fourth-order valence-corrected chi connectivity index (χ4v) is 2.41. The minimum atomic E-state index is -0.291. The molecule has 0 bridgehead atoms. The van der Waals surface area contributed by atoms with Gasteiger partial charge >= 0.3 is 6.09 Å². The van der Waals surface area contributed by atoms with Gasteiger partial charge in [0.05, 0.1) is 13.7 Å². The topological polar surface area (TPSA) is 80.8 Å². The first-order chi connectivity index (χ1) is 10.7. The van der Waals surface area contributed by atoms with Crippen molar-refractivity contribution in [3.63, 3.8) is 0 Å². The van der Waals surface area contributed by atoms with Crippen LogP contribution in [0.25, 0.3) is 0 Å². The molecular formula is C15H21N3O4. The van der Waals surface area contributed by atoms with E-state index < -0.39 is 0 Å². The number of methoxy groups -OCH3 is 1. The van der Waals surface area contributed by atoms with Crippen LogP contribution < -0.4 is 10.1 Å². The number of carbonyl (C=O) groups excluding carboxylic acids is 2. The maximum absolute atomic E-state index is 12.3. The Morgan fingerprint density at radius 3 is 2.77 bits per heavy atom.